The Labute approximate surface area is 209 Å². The number of nitrogens with zero attached hydrogens (tertiary/aromatic N) is 1. The lowest BCUT2D eigenvalue weighted by atomic mass is 10.2. The summed E-state index contributed by atoms with van der Waals surface area (Å²) in [4.78, 5) is 12.4. The van der Waals surface area contributed by atoms with Crippen LogP contribution in [0.3, 0.4) is 0 Å². The zero-order valence-corrected chi connectivity index (χ0v) is 20.0. The Morgan fingerprint density at radius 1 is 0.973 bits per heavy atom. The van der Waals surface area contributed by atoms with Crippen molar-refractivity contribution in [3.63, 3.8) is 0 Å². The van der Waals surface area contributed by atoms with Crippen LogP contribution in [0.2, 0.25) is 0 Å². The fourth-order valence-corrected chi connectivity index (χ4v) is 5.61. The Morgan fingerprint density at radius 2 is 1.70 bits per heavy atom. The van der Waals surface area contributed by atoms with E-state index in [0.717, 1.165) is 22.5 Å². The number of alkyl halides is 3. The number of hydrogen-bond donors (Lipinski definition) is 1. The van der Waals surface area contributed by atoms with E-state index >= 15 is 0 Å². The first kappa shape index (κ1) is 26.6. The van der Waals surface area contributed by atoms with Crippen LogP contribution in [-0.4, -0.2) is 31.2 Å². The summed E-state index contributed by atoms with van der Waals surface area (Å²) in [6, 6.07) is 11.9. The van der Waals surface area contributed by atoms with Crippen LogP contribution in [0.25, 0.3) is 0 Å². The third kappa shape index (κ3) is 6.08. The first-order valence-corrected chi connectivity index (χ1v) is 12.6. The minimum atomic E-state index is -4.46. The summed E-state index contributed by atoms with van der Waals surface area (Å²) >= 11 is 0. The second-order valence-corrected chi connectivity index (χ2v) is 10.2. The van der Waals surface area contributed by atoms with Crippen LogP contribution in [0.5, 0.6) is 11.5 Å². The van der Waals surface area contributed by atoms with E-state index in [-0.39, 0.29) is 25.3 Å². The molecule has 1 saturated heterocycles. The molecule has 196 valence electrons. The largest absolute Gasteiger partial charge is 0.457 e. The van der Waals surface area contributed by atoms with Crippen molar-refractivity contribution in [2.75, 3.05) is 6.54 Å². The Hall–Kier alpha value is -3.51. The summed E-state index contributed by atoms with van der Waals surface area (Å²) in [5.41, 5.74) is -0.199. The van der Waals surface area contributed by atoms with Crippen molar-refractivity contribution in [3.05, 3.63) is 89.5 Å². The molecule has 1 fully saturated rings. The van der Waals surface area contributed by atoms with E-state index < -0.39 is 50.2 Å². The van der Waals surface area contributed by atoms with E-state index in [1.54, 1.807) is 24.3 Å². The van der Waals surface area contributed by atoms with Crippen LogP contribution in [-0.2, 0) is 27.5 Å². The van der Waals surface area contributed by atoms with Crippen molar-refractivity contribution < 1.29 is 39.9 Å². The number of nitrogens with one attached hydrogen (secondary N) is 1. The molecule has 0 aliphatic carbocycles. The molecule has 3 aromatic carbocycles. The zero-order chi connectivity index (χ0) is 26.8. The molecule has 6 nitrogen and oxygen atoms in total. The Kier molecular flexibility index (Phi) is 7.51. The zero-order valence-electron chi connectivity index (χ0n) is 19.1. The van der Waals surface area contributed by atoms with Crippen molar-refractivity contribution in [3.8, 4) is 11.5 Å². The van der Waals surface area contributed by atoms with E-state index in [2.05, 4.69) is 5.32 Å². The fourth-order valence-electron chi connectivity index (χ4n) is 3.94. The Bertz CT molecular complexity index is 1390. The number of rotatable bonds is 7. The predicted molar refractivity (Wildman–Crippen MR) is 123 cm³/mol. The van der Waals surface area contributed by atoms with Crippen molar-refractivity contribution >= 4 is 15.9 Å². The second-order valence-electron chi connectivity index (χ2n) is 8.34. The monoisotopic (exact) mass is 540 g/mol. The summed E-state index contributed by atoms with van der Waals surface area (Å²) in [6.07, 6.45) is -3.79. The highest BCUT2D eigenvalue weighted by atomic mass is 32.2. The van der Waals surface area contributed by atoms with Gasteiger partial charge in [0.05, 0.1) is 10.5 Å². The van der Waals surface area contributed by atoms with Gasteiger partial charge in [0.2, 0.25) is 15.9 Å². The van der Waals surface area contributed by atoms with E-state index in [0.29, 0.717) is 29.9 Å². The summed E-state index contributed by atoms with van der Waals surface area (Å²) in [5, 5.41) is 2.67. The number of benzene rings is 3. The van der Waals surface area contributed by atoms with Gasteiger partial charge >= 0.3 is 6.18 Å². The van der Waals surface area contributed by atoms with Crippen molar-refractivity contribution in [1.82, 2.24) is 9.62 Å². The van der Waals surface area contributed by atoms with E-state index in [1.807, 2.05) is 0 Å². The van der Waals surface area contributed by atoms with Crippen LogP contribution < -0.4 is 10.1 Å². The van der Waals surface area contributed by atoms with Crippen LogP contribution in [0.1, 0.15) is 24.0 Å². The van der Waals surface area contributed by atoms with Gasteiger partial charge in [0.1, 0.15) is 17.5 Å². The molecule has 0 aromatic heterocycles. The number of sulfonamides is 1. The van der Waals surface area contributed by atoms with Gasteiger partial charge in [0.25, 0.3) is 0 Å². The highest BCUT2D eigenvalue weighted by Crippen LogP contribution is 2.32. The molecule has 0 spiro atoms. The molecule has 1 aliphatic heterocycles. The Morgan fingerprint density at radius 3 is 2.38 bits per heavy atom. The third-order valence-corrected chi connectivity index (χ3v) is 7.69. The van der Waals surface area contributed by atoms with Crippen LogP contribution in [0.4, 0.5) is 22.0 Å². The van der Waals surface area contributed by atoms with Gasteiger partial charge in [-0.2, -0.15) is 17.5 Å². The summed E-state index contributed by atoms with van der Waals surface area (Å²) in [7, 11) is -4.23. The maximum atomic E-state index is 13.6. The molecular formula is C25H21F5N2O4S. The highest BCUT2D eigenvalue weighted by Gasteiger charge is 2.39. The average molecular weight is 541 g/mol. The van der Waals surface area contributed by atoms with Gasteiger partial charge in [-0.15, -0.1) is 0 Å². The molecule has 1 aliphatic rings. The SMILES string of the molecule is O=C(NCc1cccc(Oc2ccc(C(F)(F)F)cc2)c1)[C@@H]1CCCN1S(=O)(=O)c1ccc(F)c(F)c1. The molecule has 12 heteroatoms. The lowest BCUT2D eigenvalue weighted by molar-refractivity contribution is -0.137. The minimum absolute atomic E-state index is 0.0264. The molecule has 1 N–H and O–H groups in total. The average Bonchev–Trinajstić information content (AvgIpc) is 3.35. The lowest BCUT2D eigenvalue weighted by Crippen LogP contribution is -2.45. The van der Waals surface area contributed by atoms with Gasteiger partial charge in [-0.05, 0) is 73.0 Å². The third-order valence-electron chi connectivity index (χ3n) is 5.79. The van der Waals surface area contributed by atoms with Crippen LogP contribution in [0, 0.1) is 11.6 Å². The van der Waals surface area contributed by atoms with Gasteiger partial charge in [0.15, 0.2) is 11.6 Å². The second kappa shape index (κ2) is 10.5. The number of ether oxygens (including phenoxy) is 1. The number of hydrogen-bond acceptors (Lipinski definition) is 4. The molecule has 1 amide bonds. The van der Waals surface area contributed by atoms with Gasteiger partial charge in [-0.3, -0.25) is 4.79 Å². The summed E-state index contributed by atoms with van der Waals surface area (Å²) in [5.74, 6) is -2.52. The van der Waals surface area contributed by atoms with E-state index in [9.17, 15) is 35.2 Å². The molecule has 37 heavy (non-hydrogen) atoms. The smallest absolute Gasteiger partial charge is 0.416 e. The maximum Gasteiger partial charge on any atom is 0.416 e. The number of halogens is 5. The lowest BCUT2D eigenvalue weighted by Gasteiger charge is -2.23. The molecule has 1 heterocycles. The molecule has 0 unspecified atom stereocenters. The van der Waals surface area contributed by atoms with Gasteiger partial charge in [-0.25, -0.2) is 17.2 Å². The van der Waals surface area contributed by atoms with Gasteiger partial charge in [-0.1, -0.05) is 12.1 Å². The van der Waals surface area contributed by atoms with Crippen molar-refractivity contribution in [2.45, 2.75) is 36.5 Å². The molecule has 0 radical (unpaired) electrons. The maximum absolute atomic E-state index is 13.6. The van der Waals surface area contributed by atoms with Crippen molar-refractivity contribution in [2.24, 2.45) is 0 Å². The first-order chi connectivity index (χ1) is 17.4. The molecule has 4 rings (SSSR count). The number of carbonyl (C=O) groups is 1. The van der Waals surface area contributed by atoms with Gasteiger partial charge in [0, 0.05) is 13.1 Å². The summed E-state index contributed by atoms with van der Waals surface area (Å²) in [6.45, 7) is 0.0779. The number of carbonyl (C=O) groups excluding carboxylic acids is 1. The topological polar surface area (TPSA) is 75.7 Å². The molecule has 3 aromatic rings. The normalized spacial score (nSPS) is 16.5. The van der Waals surface area contributed by atoms with Crippen LogP contribution >= 0.6 is 0 Å². The first-order valence-electron chi connectivity index (χ1n) is 11.1. The molecule has 1 atom stereocenters. The quantitative estimate of drug-likeness (QED) is 0.416. The standard InChI is InChI=1S/C25H21F5N2O4S/c26-21-11-10-20(14-22(21)27)37(34,35)32-12-2-5-23(32)24(33)31-15-16-3-1-4-19(13-16)36-18-8-6-17(7-9-18)25(28,29)30/h1,3-4,6-11,13-14,23H,2,5,12,15H2,(H,31,33)/t23-/m0/s1. The molecular weight excluding hydrogens is 519 g/mol. The molecule has 0 bridgehead atoms. The predicted octanol–water partition coefficient (Wildman–Crippen LogP) is 5.25. The molecule has 0 saturated carbocycles. The van der Waals surface area contributed by atoms with Crippen molar-refractivity contribution in [1.29, 1.82) is 0 Å². The van der Waals surface area contributed by atoms with E-state index in [4.69, 9.17) is 4.74 Å². The fraction of sp³-hybridized carbons (Fsp3) is 0.240. The van der Waals surface area contributed by atoms with Gasteiger partial charge < -0.3 is 10.1 Å². The highest BCUT2D eigenvalue weighted by molar-refractivity contribution is 7.89. The minimum Gasteiger partial charge on any atom is -0.457 e. The van der Waals surface area contributed by atoms with Crippen LogP contribution in [0.15, 0.2) is 71.6 Å². The summed E-state index contributed by atoms with van der Waals surface area (Å²) < 4.78 is 97.5. The Balaban J connectivity index is 1.40. The van der Waals surface area contributed by atoms with E-state index in [1.165, 1.54) is 12.1 Å². The number of amides is 1.